The van der Waals surface area contributed by atoms with E-state index in [2.05, 4.69) is 137 Å². The van der Waals surface area contributed by atoms with Crippen molar-refractivity contribution in [3.63, 3.8) is 0 Å². The molecule has 1 aliphatic rings. The Morgan fingerprint density at radius 1 is 0.644 bits per heavy atom. The number of aromatic nitrogens is 4. The molecule has 0 saturated carbocycles. The predicted molar refractivity (Wildman–Crippen MR) is 183 cm³/mol. The van der Waals surface area contributed by atoms with E-state index < -0.39 is 0 Å². The van der Waals surface area contributed by atoms with Gasteiger partial charge in [-0.1, -0.05) is 61.6 Å². The van der Waals surface area contributed by atoms with Crippen LogP contribution in [0.2, 0.25) is 0 Å². The number of benzene rings is 2. The molecule has 4 heteroatoms. The van der Waals surface area contributed by atoms with Gasteiger partial charge in [0.2, 0.25) is 11.4 Å². The second-order valence-electron chi connectivity index (χ2n) is 12.0. The molecule has 4 aromatic heterocycles. The molecule has 0 aliphatic heterocycles. The lowest BCUT2D eigenvalue weighted by Crippen LogP contribution is -2.40. The SMILES string of the molecule is Cc1c(-c2cccnc2)cc(-[n+]2c(CC3(C)C=CC=CC3)cc(-c3ccncc3)cc2-c2ccccc2)cc1-c1cccnc1. The first-order chi connectivity index (χ1) is 22.1. The van der Waals surface area contributed by atoms with Crippen LogP contribution in [-0.4, -0.2) is 15.0 Å². The summed E-state index contributed by atoms with van der Waals surface area (Å²) < 4.78 is 2.47. The van der Waals surface area contributed by atoms with Crippen molar-refractivity contribution in [3.05, 3.63) is 164 Å². The summed E-state index contributed by atoms with van der Waals surface area (Å²) in [6, 6.07) is 32.5. The van der Waals surface area contributed by atoms with Gasteiger partial charge in [0.1, 0.15) is 0 Å². The molecule has 0 saturated heterocycles. The number of allylic oxidation sites excluding steroid dienone is 4. The summed E-state index contributed by atoms with van der Waals surface area (Å²) in [5.41, 5.74) is 12.6. The molecule has 7 rings (SSSR count). The summed E-state index contributed by atoms with van der Waals surface area (Å²) in [5, 5.41) is 0. The monoisotopic (exact) mass is 583 g/mol. The fourth-order valence-electron chi connectivity index (χ4n) is 6.41. The fourth-order valence-corrected chi connectivity index (χ4v) is 6.41. The topological polar surface area (TPSA) is 42.5 Å². The van der Waals surface area contributed by atoms with Gasteiger partial charge in [0, 0.05) is 84.6 Å². The molecule has 4 nitrogen and oxygen atoms in total. The Balaban J connectivity index is 1.56. The van der Waals surface area contributed by atoms with E-state index in [0.29, 0.717) is 0 Å². The molecule has 0 N–H and O–H groups in total. The van der Waals surface area contributed by atoms with Gasteiger partial charge in [-0.3, -0.25) is 15.0 Å². The van der Waals surface area contributed by atoms with E-state index in [1.165, 1.54) is 16.8 Å². The molecule has 1 atom stereocenters. The Kier molecular flexibility index (Phi) is 7.71. The molecule has 218 valence electrons. The van der Waals surface area contributed by atoms with E-state index in [9.17, 15) is 0 Å². The molecule has 0 amide bonds. The summed E-state index contributed by atoms with van der Waals surface area (Å²) in [6.45, 7) is 4.56. The lowest BCUT2D eigenvalue weighted by atomic mass is 9.79. The summed E-state index contributed by atoms with van der Waals surface area (Å²) >= 11 is 0. The highest BCUT2D eigenvalue weighted by Crippen LogP contribution is 2.37. The van der Waals surface area contributed by atoms with Crippen LogP contribution < -0.4 is 4.57 Å². The van der Waals surface area contributed by atoms with Crippen molar-refractivity contribution >= 4 is 0 Å². The summed E-state index contributed by atoms with van der Waals surface area (Å²) in [7, 11) is 0. The van der Waals surface area contributed by atoms with Crippen LogP contribution in [0, 0.1) is 12.3 Å². The maximum Gasteiger partial charge on any atom is 0.219 e. The predicted octanol–water partition coefficient (Wildman–Crippen LogP) is 9.19. The number of pyridine rings is 4. The average molecular weight is 584 g/mol. The highest BCUT2D eigenvalue weighted by Gasteiger charge is 2.31. The Morgan fingerprint density at radius 2 is 1.31 bits per heavy atom. The van der Waals surface area contributed by atoms with Crippen LogP contribution in [-0.2, 0) is 6.42 Å². The molecule has 0 radical (unpaired) electrons. The van der Waals surface area contributed by atoms with Crippen LogP contribution in [0.1, 0.15) is 24.6 Å². The molecule has 6 aromatic rings. The number of hydrogen-bond donors (Lipinski definition) is 0. The first kappa shape index (κ1) is 28.3. The van der Waals surface area contributed by atoms with E-state index in [-0.39, 0.29) is 5.41 Å². The maximum absolute atomic E-state index is 4.48. The molecule has 2 aromatic carbocycles. The molecule has 1 unspecified atom stereocenters. The van der Waals surface area contributed by atoms with E-state index in [1.807, 2.05) is 49.3 Å². The van der Waals surface area contributed by atoms with Gasteiger partial charge in [0.15, 0.2) is 5.69 Å². The van der Waals surface area contributed by atoms with Crippen molar-refractivity contribution < 1.29 is 4.57 Å². The van der Waals surface area contributed by atoms with Gasteiger partial charge in [-0.2, -0.15) is 4.57 Å². The zero-order valence-electron chi connectivity index (χ0n) is 25.6. The Labute approximate surface area is 265 Å². The summed E-state index contributed by atoms with van der Waals surface area (Å²) in [4.78, 5) is 13.3. The van der Waals surface area contributed by atoms with Gasteiger partial charge in [-0.05, 0) is 83.0 Å². The largest absolute Gasteiger partial charge is 0.265 e. The summed E-state index contributed by atoms with van der Waals surface area (Å²) in [6.07, 6.45) is 22.1. The van der Waals surface area contributed by atoms with Crippen molar-refractivity contribution in [1.29, 1.82) is 0 Å². The minimum Gasteiger partial charge on any atom is -0.265 e. The van der Waals surface area contributed by atoms with Gasteiger partial charge < -0.3 is 0 Å². The van der Waals surface area contributed by atoms with E-state index >= 15 is 0 Å². The molecule has 0 fully saturated rings. The van der Waals surface area contributed by atoms with Crippen molar-refractivity contribution in [2.45, 2.75) is 26.7 Å². The molecule has 0 spiro atoms. The maximum atomic E-state index is 4.48. The van der Waals surface area contributed by atoms with E-state index in [1.54, 1.807) is 0 Å². The van der Waals surface area contributed by atoms with Crippen LogP contribution in [0.3, 0.4) is 0 Å². The zero-order valence-corrected chi connectivity index (χ0v) is 25.6. The lowest BCUT2D eigenvalue weighted by Gasteiger charge is -2.26. The van der Waals surface area contributed by atoms with Crippen molar-refractivity contribution in [1.82, 2.24) is 15.0 Å². The van der Waals surface area contributed by atoms with Crippen LogP contribution in [0.5, 0.6) is 0 Å². The van der Waals surface area contributed by atoms with Gasteiger partial charge >= 0.3 is 0 Å². The smallest absolute Gasteiger partial charge is 0.219 e. The second kappa shape index (κ2) is 12.3. The Bertz CT molecular complexity index is 1940. The normalized spacial score (nSPS) is 15.7. The number of hydrogen-bond acceptors (Lipinski definition) is 3. The van der Waals surface area contributed by atoms with Crippen LogP contribution >= 0.6 is 0 Å². The standard InChI is InChI=1S/C41H35N4/c1-30-38(33-13-9-19-43-28-33)25-36(26-39(30)34-14-10-20-44-29-34)45-37(27-41(2)17-7-4-8-18-41)23-35(31-15-21-42-22-16-31)24-40(45)32-11-5-3-6-12-32/h3-17,19-26,28-29H,18,27H2,1-2H3/q+1. The first-order valence-corrected chi connectivity index (χ1v) is 15.4. The third-order valence-corrected chi connectivity index (χ3v) is 8.74. The highest BCUT2D eigenvalue weighted by molar-refractivity contribution is 5.80. The molecule has 45 heavy (non-hydrogen) atoms. The molecule has 0 bridgehead atoms. The Morgan fingerprint density at radius 3 is 1.91 bits per heavy atom. The first-order valence-electron chi connectivity index (χ1n) is 15.4. The Hall–Kier alpha value is -5.48. The highest BCUT2D eigenvalue weighted by atomic mass is 15.0. The summed E-state index contributed by atoms with van der Waals surface area (Å²) in [5.74, 6) is 0. The molecule has 4 heterocycles. The van der Waals surface area contributed by atoms with Gasteiger partial charge in [-0.25, -0.2) is 0 Å². The minimum atomic E-state index is -0.0234. The van der Waals surface area contributed by atoms with Crippen molar-refractivity contribution in [3.8, 4) is 50.3 Å². The molecular weight excluding hydrogens is 548 g/mol. The third-order valence-electron chi connectivity index (χ3n) is 8.74. The zero-order chi connectivity index (χ0) is 30.6. The number of nitrogens with zero attached hydrogens (tertiary/aromatic N) is 4. The average Bonchev–Trinajstić information content (AvgIpc) is 3.10. The molecule has 1 aliphatic carbocycles. The lowest BCUT2D eigenvalue weighted by molar-refractivity contribution is -0.593. The van der Waals surface area contributed by atoms with Crippen LogP contribution in [0.15, 0.2) is 152 Å². The third kappa shape index (κ3) is 5.87. The number of rotatable bonds is 7. The van der Waals surface area contributed by atoms with E-state index in [0.717, 1.165) is 57.6 Å². The minimum absolute atomic E-state index is 0.0234. The van der Waals surface area contributed by atoms with Gasteiger partial charge in [-0.15, -0.1) is 0 Å². The van der Waals surface area contributed by atoms with Gasteiger partial charge in [0.05, 0.1) is 0 Å². The quantitative estimate of drug-likeness (QED) is 0.176. The fraction of sp³-hybridized carbons (Fsp3) is 0.122. The second-order valence-corrected chi connectivity index (χ2v) is 12.0. The van der Waals surface area contributed by atoms with Crippen molar-refractivity contribution in [2.24, 2.45) is 5.41 Å². The van der Waals surface area contributed by atoms with Crippen molar-refractivity contribution in [2.75, 3.05) is 0 Å². The van der Waals surface area contributed by atoms with Crippen LogP contribution in [0.4, 0.5) is 0 Å². The van der Waals surface area contributed by atoms with Gasteiger partial charge in [0.25, 0.3) is 0 Å². The van der Waals surface area contributed by atoms with Crippen LogP contribution in [0.25, 0.3) is 50.3 Å². The van der Waals surface area contributed by atoms with E-state index in [4.69, 9.17) is 0 Å². The molecular formula is C41H35N4+.